The third-order valence-corrected chi connectivity index (χ3v) is 9.79. The molecule has 0 aromatic heterocycles. The summed E-state index contributed by atoms with van der Waals surface area (Å²) in [5.74, 6) is -1.85. The fraction of sp³-hybridized carbons (Fsp3) is 0.396. The van der Waals surface area contributed by atoms with Gasteiger partial charge in [-0.15, -0.1) is 0 Å². The molecule has 4 aromatic rings. The van der Waals surface area contributed by atoms with Gasteiger partial charge in [0.05, 0.1) is 19.8 Å². The van der Waals surface area contributed by atoms with Crippen LogP contribution in [-0.4, -0.2) is 87.0 Å². The number of alkyl carbamates (subject to hydrolysis) is 1. The van der Waals surface area contributed by atoms with E-state index in [0.717, 1.165) is 5.56 Å². The van der Waals surface area contributed by atoms with Crippen molar-refractivity contribution in [2.75, 3.05) is 39.5 Å². The van der Waals surface area contributed by atoms with Crippen LogP contribution in [-0.2, 0) is 55.1 Å². The van der Waals surface area contributed by atoms with E-state index in [1.165, 1.54) is 0 Å². The zero-order valence-corrected chi connectivity index (χ0v) is 36.9. The summed E-state index contributed by atoms with van der Waals surface area (Å²) in [6.07, 6.45) is 0.514. The van der Waals surface area contributed by atoms with Crippen molar-refractivity contribution in [2.45, 2.75) is 82.8 Å². The molecule has 0 fully saturated rings. The van der Waals surface area contributed by atoms with Crippen LogP contribution in [0.2, 0.25) is 5.02 Å². The topological polar surface area (TPSA) is 194 Å². The predicted molar refractivity (Wildman–Crippen MR) is 238 cm³/mol. The molecule has 3 amide bonds. The van der Waals surface area contributed by atoms with Gasteiger partial charge in [0, 0.05) is 41.2 Å². The van der Waals surface area contributed by atoms with Gasteiger partial charge in [-0.05, 0) is 58.1 Å². The van der Waals surface area contributed by atoms with Gasteiger partial charge in [-0.2, -0.15) is 0 Å². The smallest absolute Gasteiger partial charge is 0.408 e. The minimum absolute atomic E-state index is 0.000327. The summed E-state index contributed by atoms with van der Waals surface area (Å²) in [6.45, 7) is 6.19. The van der Waals surface area contributed by atoms with Crippen LogP contribution in [0.15, 0.2) is 115 Å². The molecule has 0 saturated carbocycles. The third kappa shape index (κ3) is 17.1. The minimum Gasteiger partial charge on any atom is -0.459 e. The third-order valence-electron chi connectivity index (χ3n) is 9.46. The van der Waals surface area contributed by atoms with Crippen molar-refractivity contribution in [2.24, 2.45) is 5.73 Å². The Morgan fingerprint density at radius 1 is 0.651 bits per heavy atom. The van der Waals surface area contributed by atoms with E-state index in [2.05, 4.69) is 16.0 Å². The van der Waals surface area contributed by atoms with E-state index in [1.807, 2.05) is 103 Å². The van der Waals surface area contributed by atoms with E-state index >= 15 is 0 Å². The highest BCUT2D eigenvalue weighted by Gasteiger charge is 2.43. The molecule has 0 bridgehead atoms. The van der Waals surface area contributed by atoms with Crippen LogP contribution >= 0.6 is 11.6 Å². The molecule has 0 radical (unpaired) electrons. The van der Waals surface area contributed by atoms with Crippen LogP contribution in [0.3, 0.4) is 0 Å². The lowest BCUT2D eigenvalue weighted by Gasteiger charge is -2.37. The van der Waals surface area contributed by atoms with E-state index in [4.69, 9.17) is 41.0 Å². The molecule has 2 atom stereocenters. The average molecular weight is 887 g/mol. The van der Waals surface area contributed by atoms with Crippen molar-refractivity contribution >= 4 is 41.4 Å². The summed E-state index contributed by atoms with van der Waals surface area (Å²) >= 11 is 6.85. The van der Waals surface area contributed by atoms with E-state index in [9.17, 15) is 24.0 Å². The maximum Gasteiger partial charge on any atom is 0.408 e. The molecule has 15 heteroatoms. The predicted octanol–water partition coefficient (Wildman–Crippen LogP) is 6.36. The lowest BCUT2D eigenvalue weighted by atomic mass is 9.80. The molecule has 0 heterocycles. The highest BCUT2D eigenvalue weighted by molar-refractivity contribution is 6.31. The standard InChI is InChI=1S/C48H59ClN4O10/c1-47(2,3)62-44(56)40(50)26-27-42(54)52-29-30-59-31-32-60-34-43(55)51-28-16-15-25-41(53-46(58)61-33-35-17-7-4-8-18-35)45(57)63-48(36-19-9-5-10-20-36,37-21-11-6-12-22-37)38-23-13-14-24-39(38)49/h4-14,17-24,40-41H,15-16,25-34,50H2,1-3H3,(H,51,55)(H,52,54)(H,53,58)/t40-,41-/m0/s1. The van der Waals surface area contributed by atoms with E-state index < -0.39 is 41.3 Å². The van der Waals surface area contributed by atoms with Crippen LogP contribution in [0.4, 0.5) is 4.79 Å². The molecular formula is C48H59ClN4O10. The van der Waals surface area contributed by atoms with Crippen LogP contribution in [0.25, 0.3) is 0 Å². The molecule has 5 N–H and O–H groups in total. The minimum atomic E-state index is -1.48. The number of hydrogen-bond acceptors (Lipinski definition) is 11. The molecular weight excluding hydrogens is 828 g/mol. The molecule has 0 spiro atoms. The maximum atomic E-state index is 14.5. The molecule has 0 saturated heterocycles. The Hall–Kier alpha value is -5.80. The van der Waals surface area contributed by atoms with E-state index in [1.54, 1.807) is 32.9 Å². The fourth-order valence-electron chi connectivity index (χ4n) is 6.39. The highest BCUT2D eigenvalue weighted by atomic mass is 35.5. The van der Waals surface area contributed by atoms with Crippen LogP contribution in [0, 0.1) is 0 Å². The monoisotopic (exact) mass is 886 g/mol. The zero-order valence-electron chi connectivity index (χ0n) is 36.1. The van der Waals surface area contributed by atoms with Crippen molar-refractivity contribution in [3.05, 3.63) is 143 Å². The molecule has 63 heavy (non-hydrogen) atoms. The number of hydrogen-bond donors (Lipinski definition) is 4. The maximum absolute atomic E-state index is 14.5. The molecule has 14 nitrogen and oxygen atoms in total. The number of unbranched alkanes of at least 4 members (excludes halogenated alkanes) is 1. The lowest BCUT2D eigenvalue weighted by molar-refractivity contribution is -0.157. The number of benzene rings is 4. The van der Waals surface area contributed by atoms with E-state index in [-0.39, 0.29) is 70.7 Å². The van der Waals surface area contributed by atoms with Gasteiger partial charge in [-0.3, -0.25) is 14.4 Å². The number of esters is 2. The Kier molecular flexibility index (Phi) is 20.6. The van der Waals surface area contributed by atoms with Gasteiger partial charge in [0.2, 0.25) is 11.8 Å². The summed E-state index contributed by atoms with van der Waals surface area (Å²) in [5, 5.41) is 8.61. The van der Waals surface area contributed by atoms with Crippen LogP contribution in [0.5, 0.6) is 0 Å². The van der Waals surface area contributed by atoms with Crippen LogP contribution in [0.1, 0.15) is 75.1 Å². The Balaban J connectivity index is 1.26. The Labute approximate surface area is 374 Å². The zero-order chi connectivity index (χ0) is 45.5. The van der Waals surface area contributed by atoms with Crippen molar-refractivity contribution in [1.82, 2.24) is 16.0 Å². The van der Waals surface area contributed by atoms with Gasteiger partial charge in [-0.25, -0.2) is 9.59 Å². The fourth-order valence-corrected chi connectivity index (χ4v) is 6.66. The SMILES string of the molecule is CC(C)(C)OC(=O)[C@@H](N)CCC(=O)NCCOCCOCC(=O)NCCCC[C@H](NC(=O)OCc1ccccc1)C(=O)OC(c1ccccc1)(c1ccccc1)c1ccccc1Cl. The van der Waals surface area contributed by atoms with E-state index in [0.29, 0.717) is 41.1 Å². The van der Waals surface area contributed by atoms with Crippen molar-refractivity contribution in [1.29, 1.82) is 0 Å². The summed E-state index contributed by atoms with van der Waals surface area (Å²) < 4.78 is 28.2. The number of carbonyl (C=O) groups excluding carboxylic acids is 5. The van der Waals surface area contributed by atoms with Gasteiger partial charge in [0.15, 0.2) is 5.60 Å². The van der Waals surface area contributed by atoms with Gasteiger partial charge in [0.1, 0.15) is 30.9 Å². The van der Waals surface area contributed by atoms with Crippen molar-refractivity contribution < 1.29 is 47.7 Å². The van der Waals surface area contributed by atoms with Gasteiger partial charge >= 0.3 is 18.0 Å². The Morgan fingerprint density at radius 2 is 1.24 bits per heavy atom. The molecule has 0 aliphatic rings. The van der Waals surface area contributed by atoms with Gasteiger partial charge in [-0.1, -0.05) is 121 Å². The quantitative estimate of drug-likeness (QED) is 0.0251. The molecule has 0 unspecified atom stereocenters. The number of halogens is 1. The molecule has 0 aliphatic carbocycles. The van der Waals surface area contributed by atoms with Gasteiger partial charge in [0.25, 0.3) is 0 Å². The second-order valence-electron chi connectivity index (χ2n) is 15.6. The molecule has 338 valence electrons. The number of nitrogens with two attached hydrogens (primary N) is 1. The normalized spacial score (nSPS) is 12.3. The van der Waals surface area contributed by atoms with Crippen LogP contribution < -0.4 is 21.7 Å². The summed E-state index contributed by atoms with van der Waals surface area (Å²) in [5.41, 5.74) is 6.31. The number of nitrogens with one attached hydrogen (secondary N) is 3. The first-order valence-electron chi connectivity index (χ1n) is 21.0. The first-order chi connectivity index (χ1) is 30.3. The summed E-state index contributed by atoms with van der Waals surface area (Å²) in [6, 6.07) is 32.9. The second kappa shape index (κ2) is 26.0. The first-order valence-corrected chi connectivity index (χ1v) is 21.4. The Bertz CT molecular complexity index is 1990. The first kappa shape index (κ1) is 49.9. The summed E-state index contributed by atoms with van der Waals surface area (Å²) in [7, 11) is 0. The number of rotatable bonds is 25. The Morgan fingerprint density at radius 3 is 1.87 bits per heavy atom. The molecule has 4 rings (SSSR count). The lowest BCUT2D eigenvalue weighted by Crippen LogP contribution is -2.46. The van der Waals surface area contributed by atoms with Crippen molar-refractivity contribution in [3.8, 4) is 0 Å². The largest absolute Gasteiger partial charge is 0.459 e. The number of carbonyl (C=O) groups is 5. The molecule has 0 aliphatic heterocycles. The number of amides is 3. The highest BCUT2D eigenvalue weighted by Crippen LogP contribution is 2.43. The average Bonchev–Trinajstić information content (AvgIpc) is 3.27. The summed E-state index contributed by atoms with van der Waals surface area (Å²) in [4.78, 5) is 64.2. The van der Waals surface area contributed by atoms with Crippen molar-refractivity contribution in [3.63, 3.8) is 0 Å². The molecule has 4 aromatic carbocycles. The number of ether oxygens (including phenoxy) is 5. The second-order valence-corrected chi connectivity index (χ2v) is 16.0. The van der Waals surface area contributed by atoms with Gasteiger partial charge < -0.3 is 45.4 Å².